The Bertz CT molecular complexity index is 923. The number of carbonyl (C=O) groups is 2. The number of alkyl halides is 2. The van der Waals surface area contributed by atoms with Crippen LogP contribution in [-0.2, 0) is 9.53 Å². The number of rotatable bonds is 7. The number of benzene rings is 1. The first-order valence-electron chi connectivity index (χ1n) is 9.34. The maximum Gasteiger partial charge on any atom is 0.342 e. The second-order valence-electron chi connectivity index (χ2n) is 7.43. The molecule has 1 aliphatic carbocycles. The fourth-order valence-corrected chi connectivity index (χ4v) is 4.58. The van der Waals surface area contributed by atoms with Crippen LogP contribution in [0.2, 0.25) is 0 Å². The van der Waals surface area contributed by atoms with Gasteiger partial charge in [0.1, 0.15) is 20.6 Å². The van der Waals surface area contributed by atoms with Gasteiger partial charge >= 0.3 is 5.97 Å². The van der Waals surface area contributed by atoms with E-state index in [1.165, 1.54) is 11.3 Å². The Balaban J connectivity index is 1.95. The normalized spacial score (nSPS) is 19.7. The van der Waals surface area contributed by atoms with Crippen LogP contribution in [0.3, 0.4) is 0 Å². The van der Waals surface area contributed by atoms with Crippen molar-refractivity contribution in [3.8, 4) is 16.9 Å². The van der Waals surface area contributed by atoms with Crippen LogP contribution in [0.25, 0.3) is 11.1 Å². The summed E-state index contributed by atoms with van der Waals surface area (Å²) in [5.74, 6) is -0.0703. The van der Waals surface area contributed by atoms with E-state index in [4.69, 9.17) is 32.7 Å². The third-order valence-corrected chi connectivity index (χ3v) is 6.80. The molecule has 3 rings (SSSR count). The Morgan fingerprint density at radius 2 is 1.86 bits per heavy atom. The molecule has 0 unspecified atom stereocenters. The van der Waals surface area contributed by atoms with E-state index in [0.717, 1.165) is 11.3 Å². The average molecular weight is 456 g/mol. The lowest BCUT2D eigenvalue weighted by atomic mass is 10.0. The number of hydrogen-bond acceptors (Lipinski definition) is 5. The van der Waals surface area contributed by atoms with Crippen LogP contribution in [0, 0.1) is 5.41 Å². The molecule has 0 aliphatic heterocycles. The third-order valence-electron chi connectivity index (χ3n) is 4.80. The van der Waals surface area contributed by atoms with E-state index < -0.39 is 15.7 Å². The highest BCUT2D eigenvalue weighted by Gasteiger charge is 2.68. The first kappa shape index (κ1) is 21.9. The number of esters is 1. The van der Waals surface area contributed by atoms with Crippen molar-refractivity contribution in [1.29, 1.82) is 0 Å². The predicted octanol–water partition coefficient (Wildman–Crippen LogP) is 5.90. The number of amides is 1. The number of anilines is 1. The molecule has 0 spiro atoms. The van der Waals surface area contributed by atoms with Crippen LogP contribution in [0.1, 0.15) is 44.5 Å². The Morgan fingerprint density at radius 1 is 1.24 bits per heavy atom. The summed E-state index contributed by atoms with van der Waals surface area (Å²) in [6.07, 6.45) is 0.0658. The summed E-state index contributed by atoms with van der Waals surface area (Å²) in [5, 5.41) is 5.07. The van der Waals surface area contributed by atoms with Crippen molar-refractivity contribution in [3.63, 3.8) is 0 Å². The van der Waals surface area contributed by atoms with E-state index in [-0.39, 0.29) is 12.0 Å². The SMILES string of the molecule is CCOc1ccc(-c2csc(NC(=O)[C@]3(C)CC3(Cl)Cl)c2C(=O)OC(C)C)cc1. The van der Waals surface area contributed by atoms with Crippen molar-refractivity contribution < 1.29 is 19.1 Å². The van der Waals surface area contributed by atoms with Crippen LogP contribution < -0.4 is 10.1 Å². The van der Waals surface area contributed by atoms with Crippen molar-refractivity contribution in [3.05, 3.63) is 35.2 Å². The van der Waals surface area contributed by atoms with Gasteiger partial charge in [-0.05, 0) is 51.8 Å². The summed E-state index contributed by atoms with van der Waals surface area (Å²) in [7, 11) is 0. The number of carbonyl (C=O) groups excluding carboxylic acids is 2. The molecule has 1 aliphatic rings. The van der Waals surface area contributed by atoms with Crippen molar-refractivity contribution in [2.24, 2.45) is 5.41 Å². The highest BCUT2D eigenvalue weighted by atomic mass is 35.5. The number of nitrogens with one attached hydrogen (secondary N) is 1. The molecule has 156 valence electrons. The van der Waals surface area contributed by atoms with Crippen LogP contribution in [0.5, 0.6) is 5.75 Å². The fraction of sp³-hybridized carbons (Fsp3) is 0.429. The van der Waals surface area contributed by atoms with Crippen molar-refractivity contribution in [1.82, 2.24) is 0 Å². The largest absolute Gasteiger partial charge is 0.494 e. The molecule has 1 saturated carbocycles. The van der Waals surface area contributed by atoms with Crippen LogP contribution in [0.15, 0.2) is 29.6 Å². The second kappa shape index (κ2) is 8.17. The van der Waals surface area contributed by atoms with Crippen LogP contribution in [-0.4, -0.2) is 28.9 Å². The molecule has 5 nitrogen and oxygen atoms in total. The van der Waals surface area contributed by atoms with Gasteiger partial charge in [0.15, 0.2) is 0 Å². The van der Waals surface area contributed by atoms with E-state index >= 15 is 0 Å². The lowest BCUT2D eigenvalue weighted by Gasteiger charge is -2.14. The van der Waals surface area contributed by atoms with Gasteiger partial charge in [0.05, 0.1) is 18.1 Å². The standard InChI is InChI=1S/C21H23Cl2NO4S/c1-5-27-14-8-6-13(7-9-14)15-10-29-17(16(15)18(25)28-12(2)3)24-19(26)20(4)11-21(20,22)23/h6-10,12H,5,11H2,1-4H3,(H,24,26)/t20-/m0/s1. The number of thiophene rings is 1. The summed E-state index contributed by atoms with van der Waals surface area (Å²) < 4.78 is 9.81. The topological polar surface area (TPSA) is 64.6 Å². The van der Waals surface area contributed by atoms with E-state index in [9.17, 15) is 9.59 Å². The van der Waals surface area contributed by atoms with Gasteiger partial charge in [0.2, 0.25) is 5.91 Å². The predicted molar refractivity (Wildman–Crippen MR) is 117 cm³/mol. The quantitative estimate of drug-likeness (QED) is 0.416. The van der Waals surface area contributed by atoms with Gasteiger partial charge in [-0.1, -0.05) is 12.1 Å². The molecule has 2 aromatic rings. The summed E-state index contributed by atoms with van der Waals surface area (Å²) in [6.45, 7) is 7.74. The Kier molecular flexibility index (Phi) is 6.18. The molecule has 0 saturated heterocycles. The minimum Gasteiger partial charge on any atom is -0.494 e. The zero-order valence-corrected chi connectivity index (χ0v) is 19.0. The average Bonchev–Trinajstić information content (AvgIpc) is 2.98. The van der Waals surface area contributed by atoms with Gasteiger partial charge < -0.3 is 14.8 Å². The highest BCUT2D eigenvalue weighted by Crippen LogP contribution is 2.64. The van der Waals surface area contributed by atoms with Crippen LogP contribution >= 0.6 is 34.5 Å². The van der Waals surface area contributed by atoms with Gasteiger partial charge in [-0.25, -0.2) is 4.79 Å². The van der Waals surface area contributed by atoms with Crippen LogP contribution in [0.4, 0.5) is 5.00 Å². The lowest BCUT2D eigenvalue weighted by Crippen LogP contribution is -2.26. The zero-order valence-electron chi connectivity index (χ0n) is 16.7. The molecule has 1 N–H and O–H groups in total. The molecule has 0 bridgehead atoms. The lowest BCUT2D eigenvalue weighted by molar-refractivity contribution is -0.120. The zero-order chi connectivity index (χ0) is 21.4. The molecule has 1 fully saturated rings. The first-order chi connectivity index (χ1) is 13.6. The Morgan fingerprint density at radius 3 is 2.38 bits per heavy atom. The molecule has 8 heteroatoms. The maximum absolute atomic E-state index is 12.8. The van der Waals surface area contributed by atoms with Gasteiger partial charge in [0.25, 0.3) is 0 Å². The van der Waals surface area contributed by atoms with E-state index in [2.05, 4.69) is 5.32 Å². The molecule has 0 radical (unpaired) electrons. The molecule has 1 atom stereocenters. The molecule has 1 amide bonds. The Hall–Kier alpha value is -1.76. The van der Waals surface area contributed by atoms with Gasteiger partial charge in [-0.15, -0.1) is 34.5 Å². The summed E-state index contributed by atoms with van der Waals surface area (Å²) in [5.41, 5.74) is 0.935. The molecule has 1 aromatic carbocycles. The van der Waals surface area contributed by atoms with Gasteiger partial charge in [0, 0.05) is 10.9 Å². The van der Waals surface area contributed by atoms with E-state index in [0.29, 0.717) is 29.2 Å². The second-order valence-corrected chi connectivity index (χ2v) is 9.80. The van der Waals surface area contributed by atoms with Crippen molar-refractivity contribution in [2.75, 3.05) is 11.9 Å². The van der Waals surface area contributed by atoms with Crippen molar-refractivity contribution >= 4 is 51.4 Å². The van der Waals surface area contributed by atoms with Gasteiger partial charge in [-0.3, -0.25) is 4.79 Å². The number of hydrogen-bond donors (Lipinski definition) is 1. The summed E-state index contributed by atoms with van der Waals surface area (Å²) in [4.78, 5) is 25.6. The number of halogens is 2. The first-order valence-corrected chi connectivity index (χ1v) is 11.0. The fourth-order valence-electron chi connectivity index (χ4n) is 2.92. The molecule has 29 heavy (non-hydrogen) atoms. The monoisotopic (exact) mass is 455 g/mol. The third kappa shape index (κ3) is 4.39. The Labute approximate surface area is 184 Å². The smallest absolute Gasteiger partial charge is 0.342 e. The molecule has 1 aromatic heterocycles. The van der Waals surface area contributed by atoms with E-state index in [1.807, 2.05) is 36.6 Å². The van der Waals surface area contributed by atoms with Gasteiger partial charge in [-0.2, -0.15) is 0 Å². The minimum atomic E-state index is -1.09. The molecular formula is C21H23Cl2NO4S. The molecular weight excluding hydrogens is 433 g/mol. The molecule has 1 heterocycles. The van der Waals surface area contributed by atoms with E-state index in [1.54, 1.807) is 20.8 Å². The minimum absolute atomic E-state index is 0.293. The highest BCUT2D eigenvalue weighted by molar-refractivity contribution is 7.15. The number of ether oxygens (including phenoxy) is 2. The van der Waals surface area contributed by atoms with Crippen molar-refractivity contribution in [2.45, 2.75) is 44.6 Å². The maximum atomic E-state index is 12.8. The summed E-state index contributed by atoms with van der Waals surface area (Å²) >= 11 is 13.5. The summed E-state index contributed by atoms with van der Waals surface area (Å²) in [6, 6.07) is 7.42.